The van der Waals surface area contributed by atoms with E-state index in [9.17, 15) is 9.90 Å². The largest absolute Gasteiger partial charge is 0.481 e. The van der Waals surface area contributed by atoms with Gasteiger partial charge in [0, 0.05) is 31.4 Å². The van der Waals surface area contributed by atoms with E-state index in [0.29, 0.717) is 12.5 Å². The Kier molecular flexibility index (Phi) is 3.94. The van der Waals surface area contributed by atoms with Crippen molar-refractivity contribution in [2.45, 2.75) is 33.7 Å². The number of carboxylic acids is 1. The Labute approximate surface area is 114 Å². The Hall–Kier alpha value is -1.36. The summed E-state index contributed by atoms with van der Waals surface area (Å²) in [6.45, 7) is 8.94. The van der Waals surface area contributed by atoms with Crippen LogP contribution < -0.4 is 0 Å². The molecule has 2 rings (SSSR count). The number of hydrogen-bond acceptors (Lipinski definition) is 3. The van der Waals surface area contributed by atoms with E-state index < -0.39 is 5.97 Å². The molecule has 0 bridgehead atoms. The quantitative estimate of drug-likeness (QED) is 0.876. The number of likely N-dealkylation sites (tertiary alicyclic amines) is 1. The van der Waals surface area contributed by atoms with E-state index in [1.807, 2.05) is 6.20 Å². The summed E-state index contributed by atoms with van der Waals surface area (Å²) in [5, 5.41) is 16.1. The van der Waals surface area contributed by atoms with Gasteiger partial charge in [0.15, 0.2) is 0 Å². The number of nitrogens with zero attached hydrogens (tertiary/aromatic N) is 2. The van der Waals surface area contributed by atoms with Gasteiger partial charge >= 0.3 is 5.97 Å². The van der Waals surface area contributed by atoms with E-state index in [2.05, 4.69) is 35.9 Å². The molecular formula is C14H23N3O2. The summed E-state index contributed by atoms with van der Waals surface area (Å²) in [5.74, 6) is -0.523. The molecule has 5 nitrogen and oxygen atoms in total. The van der Waals surface area contributed by atoms with Crippen LogP contribution in [0.5, 0.6) is 0 Å². The second-order valence-corrected chi connectivity index (χ2v) is 6.63. The van der Waals surface area contributed by atoms with Crippen molar-refractivity contribution < 1.29 is 9.90 Å². The molecule has 2 heterocycles. The molecule has 1 aromatic rings. The summed E-state index contributed by atoms with van der Waals surface area (Å²) in [6, 6.07) is 0. The van der Waals surface area contributed by atoms with Crippen LogP contribution in [0.4, 0.5) is 0 Å². The molecule has 106 valence electrons. The SMILES string of the molecule is CC(C)(C)C1CC(C(=O)O)CN(Cc2cn[nH]c2)C1. The molecule has 19 heavy (non-hydrogen) atoms. The number of aromatic nitrogens is 2. The minimum atomic E-state index is -0.675. The second-order valence-electron chi connectivity index (χ2n) is 6.63. The fraction of sp³-hybridized carbons (Fsp3) is 0.714. The van der Waals surface area contributed by atoms with Crippen LogP contribution in [-0.2, 0) is 11.3 Å². The van der Waals surface area contributed by atoms with Gasteiger partial charge < -0.3 is 5.11 Å². The van der Waals surface area contributed by atoms with E-state index in [1.165, 1.54) is 0 Å². The number of aromatic amines is 1. The standard InChI is InChI=1S/C14H23N3O2/c1-14(2,3)12-4-11(13(18)19)8-17(9-12)7-10-5-15-16-6-10/h5-6,11-12H,4,7-9H2,1-3H3,(H,15,16)(H,18,19). The number of aliphatic carboxylic acids is 1. The number of carbonyl (C=O) groups is 1. The normalized spacial score (nSPS) is 25.4. The lowest BCUT2D eigenvalue weighted by atomic mass is 9.73. The van der Waals surface area contributed by atoms with Crippen LogP contribution in [-0.4, -0.2) is 39.3 Å². The summed E-state index contributed by atoms with van der Waals surface area (Å²) < 4.78 is 0. The summed E-state index contributed by atoms with van der Waals surface area (Å²) in [7, 11) is 0. The van der Waals surface area contributed by atoms with Gasteiger partial charge in [-0.3, -0.25) is 14.8 Å². The zero-order chi connectivity index (χ0) is 14.0. The van der Waals surface area contributed by atoms with Gasteiger partial charge in [-0.2, -0.15) is 5.10 Å². The lowest BCUT2D eigenvalue weighted by Gasteiger charge is -2.42. The van der Waals surface area contributed by atoms with Crippen molar-refractivity contribution in [2.24, 2.45) is 17.3 Å². The van der Waals surface area contributed by atoms with E-state index >= 15 is 0 Å². The van der Waals surface area contributed by atoms with Crippen LogP contribution >= 0.6 is 0 Å². The van der Waals surface area contributed by atoms with E-state index in [1.54, 1.807) is 6.20 Å². The Bertz CT molecular complexity index is 422. The van der Waals surface area contributed by atoms with Gasteiger partial charge in [0.2, 0.25) is 0 Å². The van der Waals surface area contributed by atoms with Crippen molar-refractivity contribution in [1.29, 1.82) is 0 Å². The molecule has 0 amide bonds. The van der Waals surface area contributed by atoms with Crippen LogP contribution in [0, 0.1) is 17.3 Å². The van der Waals surface area contributed by atoms with Gasteiger partial charge in [-0.1, -0.05) is 20.8 Å². The highest BCUT2D eigenvalue weighted by Crippen LogP contribution is 2.36. The highest BCUT2D eigenvalue weighted by atomic mass is 16.4. The summed E-state index contributed by atoms with van der Waals surface area (Å²) in [4.78, 5) is 13.6. The third-order valence-electron chi connectivity index (χ3n) is 4.06. The maximum atomic E-state index is 11.3. The highest BCUT2D eigenvalue weighted by molar-refractivity contribution is 5.70. The van der Waals surface area contributed by atoms with Gasteiger partial charge in [0.05, 0.1) is 12.1 Å². The Morgan fingerprint density at radius 2 is 2.26 bits per heavy atom. The van der Waals surface area contributed by atoms with Crippen molar-refractivity contribution >= 4 is 5.97 Å². The number of rotatable bonds is 3. The molecule has 2 atom stereocenters. The van der Waals surface area contributed by atoms with E-state index in [4.69, 9.17) is 0 Å². The maximum Gasteiger partial charge on any atom is 0.307 e. The highest BCUT2D eigenvalue weighted by Gasteiger charge is 2.36. The zero-order valence-corrected chi connectivity index (χ0v) is 11.9. The zero-order valence-electron chi connectivity index (χ0n) is 11.9. The molecule has 0 aliphatic carbocycles. The summed E-state index contributed by atoms with van der Waals surface area (Å²) >= 11 is 0. The van der Waals surface area contributed by atoms with Crippen LogP contribution in [0.1, 0.15) is 32.8 Å². The molecular weight excluding hydrogens is 242 g/mol. The van der Waals surface area contributed by atoms with Crippen molar-refractivity contribution in [2.75, 3.05) is 13.1 Å². The molecule has 0 aromatic carbocycles. The predicted octanol–water partition coefficient (Wildman–Crippen LogP) is 1.98. The monoisotopic (exact) mass is 265 g/mol. The van der Waals surface area contributed by atoms with Crippen LogP contribution in [0.3, 0.4) is 0 Å². The van der Waals surface area contributed by atoms with Gasteiger partial charge in [-0.05, 0) is 17.8 Å². The van der Waals surface area contributed by atoms with Crippen molar-refractivity contribution in [3.05, 3.63) is 18.0 Å². The number of carboxylic acid groups (broad SMARTS) is 1. The van der Waals surface area contributed by atoms with Crippen LogP contribution in [0.25, 0.3) is 0 Å². The lowest BCUT2D eigenvalue weighted by molar-refractivity contribution is -0.145. The van der Waals surface area contributed by atoms with E-state index in [-0.39, 0.29) is 11.3 Å². The minimum absolute atomic E-state index is 0.142. The first-order valence-electron chi connectivity index (χ1n) is 6.79. The first-order chi connectivity index (χ1) is 8.86. The van der Waals surface area contributed by atoms with Crippen molar-refractivity contribution in [3.63, 3.8) is 0 Å². The first-order valence-corrected chi connectivity index (χ1v) is 6.79. The molecule has 1 saturated heterocycles. The van der Waals surface area contributed by atoms with Crippen molar-refractivity contribution in [3.8, 4) is 0 Å². The molecule has 5 heteroatoms. The van der Waals surface area contributed by atoms with Gasteiger partial charge in [0.25, 0.3) is 0 Å². The van der Waals surface area contributed by atoms with Crippen LogP contribution in [0.15, 0.2) is 12.4 Å². The molecule has 2 unspecified atom stereocenters. The van der Waals surface area contributed by atoms with Gasteiger partial charge in [0.1, 0.15) is 0 Å². The molecule has 0 spiro atoms. The fourth-order valence-electron chi connectivity index (χ4n) is 2.75. The fourth-order valence-corrected chi connectivity index (χ4v) is 2.75. The summed E-state index contributed by atoms with van der Waals surface area (Å²) in [5.41, 5.74) is 1.25. The molecule has 0 saturated carbocycles. The predicted molar refractivity (Wildman–Crippen MR) is 72.6 cm³/mol. The van der Waals surface area contributed by atoms with Gasteiger partial charge in [-0.25, -0.2) is 0 Å². The number of nitrogens with one attached hydrogen (secondary N) is 1. The number of H-pyrrole nitrogens is 1. The third-order valence-corrected chi connectivity index (χ3v) is 4.06. The molecule has 1 aliphatic rings. The molecule has 1 fully saturated rings. The molecule has 1 aliphatic heterocycles. The van der Waals surface area contributed by atoms with E-state index in [0.717, 1.165) is 25.1 Å². The average Bonchev–Trinajstić information content (AvgIpc) is 2.80. The smallest absolute Gasteiger partial charge is 0.307 e. The molecule has 0 radical (unpaired) electrons. The maximum absolute atomic E-state index is 11.3. The average molecular weight is 265 g/mol. The van der Waals surface area contributed by atoms with Crippen LogP contribution in [0.2, 0.25) is 0 Å². The Balaban J connectivity index is 2.08. The minimum Gasteiger partial charge on any atom is -0.481 e. The summed E-state index contributed by atoms with van der Waals surface area (Å²) in [6.07, 6.45) is 4.45. The molecule has 1 aromatic heterocycles. The number of hydrogen-bond donors (Lipinski definition) is 2. The first kappa shape index (κ1) is 14.1. The lowest BCUT2D eigenvalue weighted by Crippen LogP contribution is -2.46. The number of piperidine rings is 1. The van der Waals surface area contributed by atoms with Gasteiger partial charge in [-0.15, -0.1) is 0 Å². The second kappa shape index (κ2) is 5.33. The Morgan fingerprint density at radius 1 is 1.53 bits per heavy atom. The molecule has 2 N–H and O–H groups in total. The third kappa shape index (κ3) is 3.56. The topological polar surface area (TPSA) is 69.2 Å². The van der Waals surface area contributed by atoms with Crippen molar-refractivity contribution in [1.82, 2.24) is 15.1 Å². The Morgan fingerprint density at radius 3 is 2.79 bits per heavy atom.